The van der Waals surface area contributed by atoms with Gasteiger partial charge in [0.25, 0.3) is 5.91 Å². The monoisotopic (exact) mass is 394 g/mol. The third-order valence-electron chi connectivity index (χ3n) is 3.35. The molecule has 0 saturated carbocycles. The van der Waals surface area contributed by atoms with Crippen molar-refractivity contribution in [3.05, 3.63) is 62.7 Å². The molecule has 0 radical (unpaired) electrons. The minimum Gasteiger partial charge on any atom is -0.345 e. The highest BCUT2D eigenvalue weighted by Crippen LogP contribution is 2.36. The van der Waals surface area contributed by atoms with Crippen LogP contribution in [0.5, 0.6) is 0 Å². The molecule has 6 heteroatoms. The molecular formula is C16H12BrClN2OS. The second-order valence-corrected chi connectivity index (χ2v) is 7.21. The van der Waals surface area contributed by atoms with E-state index in [1.165, 1.54) is 11.3 Å². The minimum atomic E-state index is -0.161. The van der Waals surface area contributed by atoms with Gasteiger partial charge in [-0.25, -0.2) is 0 Å². The first-order valence-electron chi connectivity index (χ1n) is 6.64. The lowest BCUT2D eigenvalue weighted by atomic mass is 10.1. The van der Waals surface area contributed by atoms with E-state index >= 15 is 0 Å². The van der Waals surface area contributed by atoms with Crippen molar-refractivity contribution in [2.45, 2.75) is 13.0 Å². The summed E-state index contributed by atoms with van der Waals surface area (Å²) < 4.78 is 1.95. The number of benzene rings is 1. The number of carbonyl (C=O) groups excluding carboxylic acids is 1. The summed E-state index contributed by atoms with van der Waals surface area (Å²) >= 11 is 11.2. The fourth-order valence-electron chi connectivity index (χ4n) is 2.18. The van der Waals surface area contributed by atoms with Crippen LogP contribution in [-0.4, -0.2) is 10.9 Å². The summed E-state index contributed by atoms with van der Waals surface area (Å²) in [4.78, 5) is 17.0. The zero-order chi connectivity index (χ0) is 15.7. The molecule has 0 spiro atoms. The van der Waals surface area contributed by atoms with Crippen LogP contribution in [0, 0.1) is 0 Å². The van der Waals surface area contributed by atoms with Crippen molar-refractivity contribution in [2.75, 3.05) is 0 Å². The summed E-state index contributed by atoms with van der Waals surface area (Å²) in [5.41, 5.74) is 1.00. The molecule has 1 aromatic carbocycles. The number of hydrogen-bond donors (Lipinski definition) is 1. The first kappa shape index (κ1) is 15.5. The van der Waals surface area contributed by atoms with E-state index in [2.05, 4.69) is 26.2 Å². The Morgan fingerprint density at radius 1 is 1.32 bits per heavy atom. The first-order valence-corrected chi connectivity index (χ1v) is 8.63. The van der Waals surface area contributed by atoms with Crippen LogP contribution in [0.4, 0.5) is 0 Å². The number of carbonyl (C=O) groups is 1. The highest BCUT2D eigenvalue weighted by molar-refractivity contribution is 9.10. The van der Waals surface area contributed by atoms with Gasteiger partial charge in [-0.2, -0.15) is 0 Å². The predicted molar refractivity (Wildman–Crippen MR) is 94.7 cm³/mol. The summed E-state index contributed by atoms with van der Waals surface area (Å²) in [6.07, 6.45) is 3.42. The molecule has 0 aliphatic heterocycles. The van der Waals surface area contributed by atoms with Gasteiger partial charge in [-0.05, 0) is 36.8 Å². The van der Waals surface area contributed by atoms with Crippen molar-refractivity contribution in [3.8, 4) is 0 Å². The smallest absolute Gasteiger partial charge is 0.263 e. The molecule has 1 N–H and O–H groups in total. The van der Waals surface area contributed by atoms with Crippen LogP contribution in [-0.2, 0) is 0 Å². The van der Waals surface area contributed by atoms with Crippen molar-refractivity contribution in [1.82, 2.24) is 10.3 Å². The van der Waals surface area contributed by atoms with Crippen LogP contribution < -0.4 is 5.32 Å². The second kappa shape index (κ2) is 6.36. The Hall–Kier alpha value is -1.43. The third-order valence-corrected chi connectivity index (χ3v) is 5.50. The van der Waals surface area contributed by atoms with Crippen molar-refractivity contribution >= 4 is 54.9 Å². The fraction of sp³-hybridized carbons (Fsp3) is 0.125. The maximum atomic E-state index is 12.5. The van der Waals surface area contributed by atoms with E-state index in [1.807, 2.05) is 37.3 Å². The van der Waals surface area contributed by atoms with Crippen molar-refractivity contribution in [2.24, 2.45) is 0 Å². The summed E-state index contributed by atoms with van der Waals surface area (Å²) in [5.74, 6) is -0.161. The standard InChI is InChI=1S/C16H12BrClN2OS/c1-9(10-4-6-19-7-5-10)20-16(21)15-14(18)12-3-2-11(17)8-13(12)22-15/h2-9H,1H3,(H,20,21)/t9-/m1/s1. The van der Waals surface area contributed by atoms with E-state index in [0.717, 1.165) is 20.1 Å². The van der Waals surface area contributed by atoms with Gasteiger partial charge in [0.15, 0.2) is 0 Å². The fourth-order valence-corrected chi connectivity index (χ4v) is 4.15. The number of rotatable bonds is 3. The number of nitrogens with one attached hydrogen (secondary N) is 1. The van der Waals surface area contributed by atoms with Crippen molar-refractivity contribution < 1.29 is 4.79 Å². The zero-order valence-electron chi connectivity index (χ0n) is 11.6. The number of pyridine rings is 1. The molecule has 0 aliphatic carbocycles. The maximum absolute atomic E-state index is 12.5. The molecule has 0 aliphatic rings. The highest BCUT2D eigenvalue weighted by atomic mass is 79.9. The number of hydrogen-bond acceptors (Lipinski definition) is 3. The van der Waals surface area contributed by atoms with Crippen molar-refractivity contribution in [1.29, 1.82) is 0 Å². The summed E-state index contributed by atoms with van der Waals surface area (Å²) in [5, 5.41) is 4.38. The Morgan fingerprint density at radius 3 is 2.77 bits per heavy atom. The number of amides is 1. The van der Waals surface area contributed by atoms with E-state index < -0.39 is 0 Å². The van der Waals surface area contributed by atoms with Gasteiger partial charge in [0.2, 0.25) is 0 Å². The van der Waals surface area contributed by atoms with Gasteiger partial charge in [0, 0.05) is 27.0 Å². The summed E-state index contributed by atoms with van der Waals surface area (Å²) in [6.45, 7) is 1.94. The van der Waals surface area contributed by atoms with E-state index in [0.29, 0.717) is 9.90 Å². The Morgan fingerprint density at radius 2 is 2.05 bits per heavy atom. The number of nitrogens with zero attached hydrogens (tertiary/aromatic N) is 1. The Kier molecular flexibility index (Phi) is 4.47. The molecule has 1 amide bonds. The normalized spacial score (nSPS) is 12.3. The molecular weight excluding hydrogens is 384 g/mol. The molecule has 2 aromatic heterocycles. The maximum Gasteiger partial charge on any atom is 0.263 e. The molecule has 0 fully saturated rings. The van der Waals surface area contributed by atoms with Crippen LogP contribution >= 0.6 is 38.9 Å². The number of aromatic nitrogens is 1. The number of halogens is 2. The molecule has 0 unspecified atom stereocenters. The van der Waals surface area contributed by atoms with E-state index in [9.17, 15) is 4.79 Å². The van der Waals surface area contributed by atoms with E-state index in [1.54, 1.807) is 12.4 Å². The van der Waals surface area contributed by atoms with Gasteiger partial charge in [-0.3, -0.25) is 9.78 Å². The largest absolute Gasteiger partial charge is 0.345 e. The lowest BCUT2D eigenvalue weighted by Gasteiger charge is -2.13. The lowest BCUT2D eigenvalue weighted by Crippen LogP contribution is -2.26. The van der Waals surface area contributed by atoms with Gasteiger partial charge >= 0.3 is 0 Å². The van der Waals surface area contributed by atoms with Crippen LogP contribution in [0.2, 0.25) is 5.02 Å². The summed E-state index contributed by atoms with van der Waals surface area (Å²) in [7, 11) is 0. The Labute approximate surface area is 145 Å². The average molecular weight is 396 g/mol. The second-order valence-electron chi connectivity index (χ2n) is 4.86. The lowest BCUT2D eigenvalue weighted by molar-refractivity contribution is 0.0944. The number of fused-ring (bicyclic) bond motifs is 1. The van der Waals surface area contributed by atoms with Gasteiger partial charge < -0.3 is 5.32 Å². The summed E-state index contributed by atoms with van der Waals surface area (Å²) in [6, 6.07) is 9.46. The van der Waals surface area contributed by atoms with Crippen LogP contribution in [0.1, 0.15) is 28.2 Å². The quantitative estimate of drug-likeness (QED) is 0.662. The van der Waals surface area contributed by atoms with E-state index in [-0.39, 0.29) is 11.9 Å². The SMILES string of the molecule is C[C@@H](NC(=O)c1sc2cc(Br)ccc2c1Cl)c1ccncc1. The third kappa shape index (κ3) is 3.02. The Bertz CT molecular complexity index is 835. The number of thiophene rings is 1. The molecule has 22 heavy (non-hydrogen) atoms. The highest BCUT2D eigenvalue weighted by Gasteiger charge is 2.19. The Balaban J connectivity index is 1.88. The molecule has 0 bridgehead atoms. The van der Waals surface area contributed by atoms with Crippen LogP contribution in [0.15, 0.2) is 47.2 Å². The van der Waals surface area contributed by atoms with Gasteiger partial charge in [-0.1, -0.05) is 33.6 Å². The molecule has 0 saturated heterocycles. The van der Waals surface area contributed by atoms with Gasteiger partial charge in [0.05, 0.1) is 11.1 Å². The van der Waals surface area contributed by atoms with Crippen molar-refractivity contribution in [3.63, 3.8) is 0 Å². The minimum absolute atomic E-state index is 0.108. The van der Waals surface area contributed by atoms with Gasteiger partial charge in [0.1, 0.15) is 4.88 Å². The molecule has 3 rings (SSSR count). The molecule has 1 atom stereocenters. The zero-order valence-corrected chi connectivity index (χ0v) is 14.8. The molecule has 112 valence electrons. The topological polar surface area (TPSA) is 42.0 Å². The van der Waals surface area contributed by atoms with Crippen LogP contribution in [0.3, 0.4) is 0 Å². The molecule has 2 heterocycles. The first-order chi connectivity index (χ1) is 10.6. The molecule has 3 nitrogen and oxygen atoms in total. The van der Waals surface area contributed by atoms with Gasteiger partial charge in [-0.15, -0.1) is 11.3 Å². The molecule has 3 aromatic rings. The van der Waals surface area contributed by atoms with E-state index in [4.69, 9.17) is 11.6 Å². The van der Waals surface area contributed by atoms with Crippen LogP contribution in [0.25, 0.3) is 10.1 Å². The average Bonchev–Trinajstić information content (AvgIpc) is 2.84. The predicted octanol–water partition coefficient (Wildman–Crippen LogP) is 5.20.